The third kappa shape index (κ3) is 3.01. The van der Waals surface area contributed by atoms with Crippen LogP contribution < -0.4 is 11.1 Å². The molecule has 1 aromatic heterocycles. The molecule has 2 aromatic rings. The van der Waals surface area contributed by atoms with Gasteiger partial charge in [0.25, 0.3) is 5.91 Å². The van der Waals surface area contributed by atoms with Crippen molar-refractivity contribution in [1.82, 2.24) is 4.98 Å². The smallest absolute Gasteiger partial charge is 0.257 e. The van der Waals surface area contributed by atoms with E-state index in [2.05, 4.69) is 10.3 Å². The van der Waals surface area contributed by atoms with Crippen LogP contribution in [0.2, 0.25) is 0 Å². The van der Waals surface area contributed by atoms with E-state index in [9.17, 15) is 4.79 Å². The highest BCUT2D eigenvalue weighted by Gasteiger charge is 2.06. The fourth-order valence-electron chi connectivity index (χ4n) is 1.44. The number of anilines is 2. The molecule has 0 unspecified atom stereocenters. The molecule has 0 saturated heterocycles. The maximum Gasteiger partial charge on any atom is 0.257 e. The first-order valence-electron chi connectivity index (χ1n) is 5.36. The largest absolute Gasteiger partial charge is 0.384 e. The molecule has 0 spiro atoms. The number of nitrogens with two attached hydrogens (primary N) is 1. The van der Waals surface area contributed by atoms with E-state index in [0.717, 1.165) is 10.6 Å². The van der Waals surface area contributed by atoms with Crippen LogP contribution in [0, 0.1) is 0 Å². The molecule has 0 fully saturated rings. The minimum absolute atomic E-state index is 0.194. The van der Waals surface area contributed by atoms with Gasteiger partial charge in [0.15, 0.2) is 0 Å². The standard InChI is InChI=1S/C13H13N3OS/c1-18-11-4-2-3-10(7-11)16-13(17)9-5-6-12(14)15-8-9/h2-8H,1H3,(H2,14,15)(H,16,17). The molecule has 1 amide bonds. The molecule has 3 N–H and O–H groups in total. The molecule has 0 atom stereocenters. The monoisotopic (exact) mass is 259 g/mol. The molecule has 0 aliphatic carbocycles. The summed E-state index contributed by atoms with van der Waals surface area (Å²) in [6, 6.07) is 10.9. The van der Waals surface area contributed by atoms with E-state index in [0.29, 0.717) is 11.4 Å². The second-order valence-electron chi connectivity index (χ2n) is 3.66. The van der Waals surface area contributed by atoms with E-state index in [4.69, 9.17) is 5.73 Å². The van der Waals surface area contributed by atoms with Gasteiger partial charge < -0.3 is 11.1 Å². The Hall–Kier alpha value is -2.01. The first kappa shape index (κ1) is 12.4. The molecule has 0 radical (unpaired) electrons. The normalized spacial score (nSPS) is 10.1. The van der Waals surface area contributed by atoms with E-state index in [-0.39, 0.29) is 5.91 Å². The lowest BCUT2D eigenvalue weighted by Gasteiger charge is -2.06. The van der Waals surface area contributed by atoms with Crippen LogP contribution in [0.4, 0.5) is 11.5 Å². The van der Waals surface area contributed by atoms with Crippen LogP contribution in [-0.4, -0.2) is 17.1 Å². The summed E-state index contributed by atoms with van der Waals surface area (Å²) in [6.45, 7) is 0. The average molecular weight is 259 g/mol. The van der Waals surface area contributed by atoms with Gasteiger partial charge in [-0.25, -0.2) is 4.98 Å². The van der Waals surface area contributed by atoms with Crippen molar-refractivity contribution in [2.45, 2.75) is 4.90 Å². The molecule has 0 bridgehead atoms. The lowest BCUT2D eigenvalue weighted by atomic mass is 10.2. The van der Waals surface area contributed by atoms with Crippen LogP contribution in [0.25, 0.3) is 0 Å². The van der Waals surface area contributed by atoms with Gasteiger partial charge in [0, 0.05) is 16.8 Å². The fraction of sp³-hybridized carbons (Fsp3) is 0.0769. The number of nitrogens with zero attached hydrogens (tertiary/aromatic N) is 1. The molecule has 92 valence electrons. The summed E-state index contributed by atoms with van der Waals surface area (Å²) in [6.07, 6.45) is 3.45. The number of hydrogen-bond donors (Lipinski definition) is 2. The predicted octanol–water partition coefficient (Wildman–Crippen LogP) is 2.64. The molecular weight excluding hydrogens is 246 g/mol. The zero-order valence-corrected chi connectivity index (χ0v) is 10.7. The van der Waals surface area contributed by atoms with E-state index in [1.165, 1.54) is 6.20 Å². The fourth-order valence-corrected chi connectivity index (χ4v) is 1.90. The van der Waals surface area contributed by atoms with Crippen LogP contribution in [0.1, 0.15) is 10.4 Å². The number of amides is 1. The SMILES string of the molecule is CSc1cccc(NC(=O)c2ccc(N)nc2)c1. The topological polar surface area (TPSA) is 68.0 Å². The van der Waals surface area contributed by atoms with Gasteiger partial charge in [-0.05, 0) is 36.6 Å². The molecule has 5 heteroatoms. The summed E-state index contributed by atoms with van der Waals surface area (Å²) in [5, 5.41) is 2.82. The van der Waals surface area contributed by atoms with Crippen LogP contribution in [0.5, 0.6) is 0 Å². The lowest BCUT2D eigenvalue weighted by molar-refractivity contribution is 0.102. The van der Waals surface area contributed by atoms with Crippen molar-refractivity contribution >= 4 is 29.2 Å². The highest BCUT2D eigenvalue weighted by molar-refractivity contribution is 7.98. The number of thioether (sulfide) groups is 1. The van der Waals surface area contributed by atoms with Crippen molar-refractivity contribution < 1.29 is 4.79 Å². The molecular formula is C13H13N3OS. The lowest BCUT2D eigenvalue weighted by Crippen LogP contribution is -2.12. The van der Waals surface area contributed by atoms with Gasteiger partial charge >= 0.3 is 0 Å². The van der Waals surface area contributed by atoms with Gasteiger partial charge in [-0.2, -0.15) is 0 Å². The number of nitrogen functional groups attached to an aromatic ring is 1. The average Bonchev–Trinajstić information content (AvgIpc) is 2.39. The second kappa shape index (κ2) is 5.55. The van der Waals surface area contributed by atoms with Crippen molar-refractivity contribution in [1.29, 1.82) is 0 Å². The first-order valence-corrected chi connectivity index (χ1v) is 6.58. The molecule has 4 nitrogen and oxygen atoms in total. The van der Waals surface area contributed by atoms with Crippen LogP contribution in [0.15, 0.2) is 47.5 Å². The van der Waals surface area contributed by atoms with E-state index >= 15 is 0 Å². The highest BCUT2D eigenvalue weighted by Crippen LogP contribution is 2.19. The van der Waals surface area contributed by atoms with Gasteiger partial charge in [-0.1, -0.05) is 6.07 Å². The van der Waals surface area contributed by atoms with Crippen LogP contribution >= 0.6 is 11.8 Å². The summed E-state index contributed by atoms with van der Waals surface area (Å²) >= 11 is 1.63. The summed E-state index contributed by atoms with van der Waals surface area (Å²) in [5.74, 6) is 0.205. The Morgan fingerprint density at radius 3 is 2.83 bits per heavy atom. The Balaban J connectivity index is 2.13. The van der Waals surface area contributed by atoms with Crippen molar-refractivity contribution in [3.8, 4) is 0 Å². The Morgan fingerprint density at radius 2 is 2.17 bits per heavy atom. The van der Waals surface area contributed by atoms with E-state index in [1.807, 2.05) is 30.5 Å². The van der Waals surface area contributed by atoms with E-state index < -0.39 is 0 Å². The van der Waals surface area contributed by atoms with Crippen LogP contribution in [0.3, 0.4) is 0 Å². The van der Waals surface area contributed by atoms with Crippen molar-refractivity contribution in [3.05, 3.63) is 48.2 Å². The predicted molar refractivity (Wildman–Crippen MR) is 74.8 cm³/mol. The molecule has 0 aliphatic heterocycles. The summed E-state index contributed by atoms with van der Waals surface area (Å²) in [7, 11) is 0. The van der Waals surface area contributed by atoms with Crippen molar-refractivity contribution in [3.63, 3.8) is 0 Å². The molecule has 1 aromatic carbocycles. The Labute approximate surface area is 110 Å². The van der Waals surface area contributed by atoms with Crippen LogP contribution in [-0.2, 0) is 0 Å². The molecule has 18 heavy (non-hydrogen) atoms. The number of hydrogen-bond acceptors (Lipinski definition) is 4. The highest BCUT2D eigenvalue weighted by atomic mass is 32.2. The quantitative estimate of drug-likeness (QED) is 0.831. The maximum atomic E-state index is 11.9. The van der Waals surface area contributed by atoms with Gasteiger partial charge in [0.1, 0.15) is 5.82 Å². The first-order chi connectivity index (χ1) is 8.69. The number of benzene rings is 1. The molecule has 0 saturated carbocycles. The molecule has 0 aliphatic rings. The van der Waals surface area contributed by atoms with Gasteiger partial charge in [-0.3, -0.25) is 4.79 Å². The van der Waals surface area contributed by atoms with Gasteiger partial charge in [0.05, 0.1) is 5.56 Å². The zero-order chi connectivity index (χ0) is 13.0. The minimum Gasteiger partial charge on any atom is -0.384 e. The third-order valence-corrected chi connectivity index (χ3v) is 3.10. The number of aromatic nitrogens is 1. The summed E-state index contributed by atoms with van der Waals surface area (Å²) < 4.78 is 0. The van der Waals surface area contributed by atoms with Gasteiger partial charge in [-0.15, -0.1) is 11.8 Å². The van der Waals surface area contributed by atoms with Gasteiger partial charge in [0.2, 0.25) is 0 Å². The number of pyridine rings is 1. The molecule has 1 heterocycles. The van der Waals surface area contributed by atoms with E-state index in [1.54, 1.807) is 23.9 Å². The zero-order valence-electron chi connectivity index (χ0n) is 9.88. The summed E-state index contributed by atoms with van der Waals surface area (Å²) in [5.41, 5.74) is 6.72. The van der Waals surface area contributed by atoms with Crippen molar-refractivity contribution in [2.75, 3.05) is 17.3 Å². The number of rotatable bonds is 3. The Morgan fingerprint density at radius 1 is 1.33 bits per heavy atom. The number of carbonyl (C=O) groups excluding carboxylic acids is 1. The number of carbonyl (C=O) groups is 1. The van der Waals surface area contributed by atoms with Crippen molar-refractivity contribution in [2.24, 2.45) is 0 Å². The minimum atomic E-state index is -0.194. The molecule has 2 rings (SSSR count). The summed E-state index contributed by atoms with van der Waals surface area (Å²) in [4.78, 5) is 16.9. The third-order valence-electron chi connectivity index (χ3n) is 2.38. The second-order valence-corrected chi connectivity index (χ2v) is 4.54. The Kier molecular flexibility index (Phi) is 3.84. The maximum absolute atomic E-state index is 11.9. The Bertz CT molecular complexity index is 554. The number of nitrogens with one attached hydrogen (secondary N) is 1.